The van der Waals surface area contributed by atoms with Crippen molar-refractivity contribution in [3.8, 4) is 11.8 Å². The Bertz CT molecular complexity index is 1440. The van der Waals surface area contributed by atoms with Crippen LogP contribution in [-0.2, 0) is 17.8 Å². The van der Waals surface area contributed by atoms with Gasteiger partial charge in [-0.2, -0.15) is 9.97 Å². The lowest BCUT2D eigenvalue weighted by Crippen LogP contribution is -2.49. The van der Waals surface area contributed by atoms with Gasteiger partial charge in [-0.25, -0.2) is 0 Å². The van der Waals surface area contributed by atoms with E-state index in [1.54, 1.807) is 7.11 Å². The molecule has 0 N–H and O–H groups in total. The zero-order valence-corrected chi connectivity index (χ0v) is 24.4. The second kappa shape index (κ2) is 11.6. The molecular formula is C32H40N6O3. The highest BCUT2D eigenvalue weighted by molar-refractivity contribution is 5.96. The van der Waals surface area contributed by atoms with Gasteiger partial charge in [0.05, 0.1) is 19.3 Å². The Morgan fingerprint density at radius 1 is 1.10 bits per heavy atom. The van der Waals surface area contributed by atoms with Crippen molar-refractivity contribution in [3.05, 3.63) is 60.3 Å². The van der Waals surface area contributed by atoms with Crippen molar-refractivity contribution in [1.82, 2.24) is 19.8 Å². The zero-order valence-electron chi connectivity index (χ0n) is 24.4. The molecule has 3 aliphatic rings. The van der Waals surface area contributed by atoms with Crippen molar-refractivity contribution in [2.24, 2.45) is 5.92 Å². The van der Waals surface area contributed by atoms with Crippen LogP contribution in [0.5, 0.6) is 11.8 Å². The zero-order chi connectivity index (χ0) is 28.5. The fourth-order valence-corrected chi connectivity index (χ4v) is 6.56. The van der Waals surface area contributed by atoms with E-state index >= 15 is 0 Å². The highest BCUT2D eigenvalue weighted by Gasteiger charge is 2.31. The number of anilines is 2. The normalized spacial score (nSPS) is 21.2. The molecule has 0 unspecified atom stereocenters. The number of piperazine rings is 1. The number of benzene rings is 2. The number of likely N-dealkylation sites (tertiary alicyclic amines) is 1. The molecule has 0 saturated carbocycles. The molecule has 2 fully saturated rings. The minimum atomic E-state index is -0.0190. The molecule has 6 rings (SSSR count). The fourth-order valence-electron chi connectivity index (χ4n) is 6.56. The summed E-state index contributed by atoms with van der Waals surface area (Å²) in [6.45, 7) is 11.8. The number of likely N-dealkylation sites (N-methyl/N-ethyl adjacent to an activating group) is 1. The summed E-state index contributed by atoms with van der Waals surface area (Å²) >= 11 is 0. The van der Waals surface area contributed by atoms with Gasteiger partial charge in [-0.1, -0.05) is 37.8 Å². The third kappa shape index (κ3) is 5.55. The minimum Gasteiger partial charge on any atom is -0.497 e. The SMILES string of the molecule is C=CC(=O)N1CCN(c2nc(OC[C@@H]3C[C@@H](C)CN3C)nc3c2CCN(c2cc(OC)cc4ccccc24)C3)CC1. The number of amides is 1. The molecule has 0 bridgehead atoms. The van der Waals surface area contributed by atoms with E-state index in [2.05, 4.69) is 71.6 Å². The first-order chi connectivity index (χ1) is 19.9. The van der Waals surface area contributed by atoms with Gasteiger partial charge in [0.25, 0.3) is 0 Å². The maximum absolute atomic E-state index is 12.2. The molecule has 1 aromatic heterocycles. The van der Waals surface area contributed by atoms with Crippen LogP contribution in [0.15, 0.2) is 49.1 Å². The number of nitrogens with zero attached hydrogens (tertiary/aromatic N) is 6. The summed E-state index contributed by atoms with van der Waals surface area (Å²) in [5.74, 6) is 2.43. The van der Waals surface area contributed by atoms with Crippen molar-refractivity contribution in [2.75, 3.05) is 69.8 Å². The maximum atomic E-state index is 12.2. The Morgan fingerprint density at radius 2 is 1.90 bits per heavy atom. The number of methoxy groups -OCH3 is 1. The number of carbonyl (C=O) groups excluding carboxylic acids is 1. The summed E-state index contributed by atoms with van der Waals surface area (Å²) in [5, 5.41) is 2.35. The van der Waals surface area contributed by atoms with Crippen LogP contribution in [0.2, 0.25) is 0 Å². The lowest BCUT2D eigenvalue weighted by Gasteiger charge is -2.38. The average molecular weight is 557 g/mol. The van der Waals surface area contributed by atoms with Crippen molar-refractivity contribution < 1.29 is 14.3 Å². The van der Waals surface area contributed by atoms with Gasteiger partial charge in [0, 0.05) is 68.0 Å². The van der Waals surface area contributed by atoms with Gasteiger partial charge in [0.1, 0.15) is 18.2 Å². The first-order valence-corrected chi connectivity index (χ1v) is 14.6. The summed E-state index contributed by atoms with van der Waals surface area (Å²) in [4.78, 5) is 31.1. The van der Waals surface area contributed by atoms with Crippen molar-refractivity contribution in [2.45, 2.75) is 32.4 Å². The Balaban J connectivity index is 1.31. The van der Waals surface area contributed by atoms with Gasteiger partial charge in [0.2, 0.25) is 5.91 Å². The van der Waals surface area contributed by atoms with Gasteiger partial charge in [-0.05, 0) is 43.3 Å². The highest BCUT2D eigenvalue weighted by atomic mass is 16.5. The van der Waals surface area contributed by atoms with E-state index in [0.29, 0.717) is 44.2 Å². The monoisotopic (exact) mass is 556 g/mol. The van der Waals surface area contributed by atoms with E-state index in [-0.39, 0.29) is 5.91 Å². The number of hydrogen-bond donors (Lipinski definition) is 0. The average Bonchev–Trinajstić information content (AvgIpc) is 3.34. The molecule has 3 aliphatic heterocycles. The smallest absolute Gasteiger partial charge is 0.318 e. The predicted molar refractivity (Wildman–Crippen MR) is 162 cm³/mol. The van der Waals surface area contributed by atoms with Gasteiger partial charge < -0.3 is 24.2 Å². The summed E-state index contributed by atoms with van der Waals surface area (Å²) in [6.07, 6.45) is 3.33. The lowest BCUT2D eigenvalue weighted by molar-refractivity contribution is -0.126. The molecular weight excluding hydrogens is 516 g/mol. The standard InChI is InChI=1S/C32H40N6O3/c1-5-30(39)36-12-14-37(15-13-36)31-27-10-11-38(29-18-25(40-4)17-23-8-6-7-9-26(23)29)20-28(27)33-32(34-31)41-21-24-16-22(2)19-35(24)3/h5-9,17-18,22,24H,1,10-16,19-21H2,2-4H3/t22-,24+/m1/s1. The van der Waals surface area contributed by atoms with Gasteiger partial charge in [-0.3, -0.25) is 9.69 Å². The largest absolute Gasteiger partial charge is 0.497 e. The second-order valence-corrected chi connectivity index (χ2v) is 11.6. The molecule has 0 spiro atoms. The number of fused-ring (bicyclic) bond motifs is 2. The summed E-state index contributed by atoms with van der Waals surface area (Å²) in [5.41, 5.74) is 3.32. The Hall–Kier alpha value is -3.85. The third-order valence-electron chi connectivity index (χ3n) is 8.78. The summed E-state index contributed by atoms with van der Waals surface area (Å²) in [6, 6.07) is 13.5. The number of hydrogen-bond acceptors (Lipinski definition) is 8. The van der Waals surface area contributed by atoms with Crippen LogP contribution in [0.25, 0.3) is 10.8 Å². The molecule has 9 nitrogen and oxygen atoms in total. The Labute approximate surface area is 242 Å². The quantitative estimate of drug-likeness (QED) is 0.408. The molecule has 2 aromatic carbocycles. The van der Waals surface area contributed by atoms with Crippen LogP contribution in [0.1, 0.15) is 24.6 Å². The van der Waals surface area contributed by atoms with Crippen LogP contribution in [-0.4, -0.2) is 91.7 Å². The Morgan fingerprint density at radius 3 is 2.63 bits per heavy atom. The van der Waals surface area contributed by atoms with Crippen LogP contribution < -0.4 is 19.3 Å². The maximum Gasteiger partial charge on any atom is 0.318 e. The van der Waals surface area contributed by atoms with Crippen LogP contribution in [0, 0.1) is 5.92 Å². The summed E-state index contributed by atoms with van der Waals surface area (Å²) < 4.78 is 12.0. The first-order valence-electron chi connectivity index (χ1n) is 14.6. The summed E-state index contributed by atoms with van der Waals surface area (Å²) in [7, 11) is 3.88. The molecule has 1 amide bonds. The van der Waals surface area contributed by atoms with Crippen molar-refractivity contribution in [3.63, 3.8) is 0 Å². The fraction of sp³-hybridized carbons (Fsp3) is 0.469. The van der Waals surface area contributed by atoms with E-state index in [4.69, 9.17) is 19.4 Å². The topological polar surface area (TPSA) is 74.3 Å². The minimum absolute atomic E-state index is 0.0190. The highest BCUT2D eigenvalue weighted by Crippen LogP contribution is 2.37. The van der Waals surface area contributed by atoms with E-state index < -0.39 is 0 Å². The van der Waals surface area contributed by atoms with E-state index in [0.717, 1.165) is 67.4 Å². The molecule has 0 aliphatic carbocycles. The Kier molecular flexibility index (Phi) is 7.71. The number of aromatic nitrogens is 2. The van der Waals surface area contributed by atoms with Crippen molar-refractivity contribution in [1.29, 1.82) is 0 Å². The van der Waals surface area contributed by atoms with E-state index in [1.807, 2.05) is 4.90 Å². The van der Waals surface area contributed by atoms with Gasteiger partial charge >= 0.3 is 6.01 Å². The second-order valence-electron chi connectivity index (χ2n) is 11.6. The van der Waals surface area contributed by atoms with Gasteiger partial charge in [0.15, 0.2) is 0 Å². The van der Waals surface area contributed by atoms with E-state index in [1.165, 1.54) is 17.0 Å². The van der Waals surface area contributed by atoms with Crippen molar-refractivity contribution >= 4 is 28.2 Å². The van der Waals surface area contributed by atoms with Crippen LogP contribution in [0.3, 0.4) is 0 Å². The molecule has 41 heavy (non-hydrogen) atoms. The molecule has 216 valence electrons. The number of ether oxygens (including phenoxy) is 2. The predicted octanol–water partition coefficient (Wildman–Crippen LogP) is 3.75. The number of carbonyl (C=O) groups is 1. The van der Waals surface area contributed by atoms with Crippen LogP contribution in [0.4, 0.5) is 11.5 Å². The molecule has 9 heteroatoms. The molecule has 2 saturated heterocycles. The van der Waals surface area contributed by atoms with Gasteiger partial charge in [-0.15, -0.1) is 0 Å². The van der Waals surface area contributed by atoms with E-state index in [9.17, 15) is 4.79 Å². The molecule has 2 atom stereocenters. The first kappa shape index (κ1) is 27.3. The lowest BCUT2D eigenvalue weighted by atomic mass is 10.0. The molecule has 3 aromatic rings. The third-order valence-corrected chi connectivity index (χ3v) is 8.78. The molecule has 0 radical (unpaired) electrons. The number of rotatable bonds is 7. The van der Waals surface area contributed by atoms with Crippen LogP contribution >= 0.6 is 0 Å². The molecule has 4 heterocycles.